The minimum absolute atomic E-state index is 0.186. The van der Waals surface area contributed by atoms with Crippen LogP contribution in [0.1, 0.15) is 24.0 Å². The Balaban J connectivity index is 1.90. The maximum absolute atomic E-state index is 12.4. The average Bonchev–Trinajstić information content (AvgIpc) is 2.84. The Kier molecular flexibility index (Phi) is 5.27. The van der Waals surface area contributed by atoms with E-state index in [0.29, 0.717) is 34.2 Å². The van der Waals surface area contributed by atoms with Crippen molar-refractivity contribution in [2.24, 2.45) is 4.40 Å². The summed E-state index contributed by atoms with van der Waals surface area (Å²) < 4.78 is 34.3. The molecule has 1 aliphatic rings. The van der Waals surface area contributed by atoms with Gasteiger partial charge in [0.1, 0.15) is 10.6 Å². The number of halogens is 2. The molecule has 0 aromatic heterocycles. The largest absolute Gasteiger partial charge is 0.494 e. The lowest BCUT2D eigenvalue weighted by Gasteiger charge is -2.08. The van der Waals surface area contributed by atoms with Crippen LogP contribution in [0.15, 0.2) is 51.8 Å². The van der Waals surface area contributed by atoms with Crippen LogP contribution in [0.2, 0.25) is 5.02 Å². The molecule has 0 radical (unpaired) electrons. The zero-order chi connectivity index (χ0) is 17.2. The first kappa shape index (κ1) is 17.5. The van der Waals surface area contributed by atoms with Gasteiger partial charge in [-0.2, -0.15) is 12.8 Å². The predicted octanol–water partition coefficient (Wildman–Crippen LogP) is 4.43. The summed E-state index contributed by atoms with van der Waals surface area (Å²) in [4.78, 5) is 0.186. The molecule has 3 rings (SSSR count). The third kappa shape index (κ3) is 3.66. The van der Waals surface area contributed by atoms with Gasteiger partial charge in [-0.05, 0) is 37.1 Å². The Morgan fingerprint density at radius 2 is 1.83 bits per heavy atom. The first-order valence-corrected chi connectivity index (χ1v) is 10.4. The smallest absolute Gasteiger partial charge is 0.283 e. The number of hydrogen-bond donors (Lipinski definition) is 0. The van der Waals surface area contributed by atoms with Crippen LogP contribution in [0.4, 0.5) is 0 Å². The van der Waals surface area contributed by atoms with Gasteiger partial charge in [0.05, 0.1) is 12.3 Å². The monoisotopic (exact) mass is 427 g/mol. The fourth-order valence-electron chi connectivity index (χ4n) is 2.42. The summed E-state index contributed by atoms with van der Waals surface area (Å²) in [6.45, 7) is 0.551. The molecule has 0 aliphatic carbocycles. The second-order valence-corrected chi connectivity index (χ2v) is 8.13. The molecule has 24 heavy (non-hydrogen) atoms. The van der Waals surface area contributed by atoms with E-state index in [2.05, 4.69) is 20.3 Å². The van der Waals surface area contributed by atoms with Crippen LogP contribution in [0.5, 0.6) is 5.75 Å². The highest BCUT2D eigenvalue weighted by Crippen LogP contribution is 2.32. The summed E-state index contributed by atoms with van der Waals surface area (Å²) in [7, 11) is -3.70. The fraction of sp³-hybridized carbons (Fsp3) is 0.235. The Bertz CT molecular complexity index is 879. The lowest BCUT2D eigenvalue weighted by atomic mass is 10.0. The molecule has 7 heteroatoms. The molecule has 0 spiro atoms. The van der Waals surface area contributed by atoms with Crippen LogP contribution in [-0.4, -0.2) is 26.1 Å². The van der Waals surface area contributed by atoms with Gasteiger partial charge < -0.3 is 4.74 Å². The Hall–Kier alpha value is -1.37. The first-order chi connectivity index (χ1) is 11.5. The van der Waals surface area contributed by atoms with Crippen LogP contribution < -0.4 is 4.74 Å². The molecular weight excluding hydrogens is 414 g/mol. The highest BCUT2D eigenvalue weighted by molar-refractivity contribution is 9.09. The number of hydrogen-bond acceptors (Lipinski definition) is 3. The van der Waals surface area contributed by atoms with Crippen molar-refractivity contribution in [1.82, 2.24) is 0 Å². The number of sulfonamides is 1. The minimum Gasteiger partial charge on any atom is -0.494 e. The van der Waals surface area contributed by atoms with Crippen molar-refractivity contribution >= 4 is 43.3 Å². The van der Waals surface area contributed by atoms with Gasteiger partial charge >= 0.3 is 0 Å². The van der Waals surface area contributed by atoms with E-state index in [9.17, 15) is 8.42 Å². The Morgan fingerprint density at radius 1 is 1.08 bits per heavy atom. The maximum Gasteiger partial charge on any atom is 0.283 e. The highest BCUT2D eigenvalue weighted by atomic mass is 79.9. The molecule has 0 atom stereocenters. The molecule has 0 amide bonds. The second-order valence-electron chi connectivity index (χ2n) is 5.32. The average molecular weight is 429 g/mol. The van der Waals surface area contributed by atoms with E-state index < -0.39 is 10.0 Å². The molecule has 0 N–H and O–H groups in total. The van der Waals surface area contributed by atoms with E-state index >= 15 is 0 Å². The van der Waals surface area contributed by atoms with Crippen molar-refractivity contribution in [2.75, 3.05) is 11.9 Å². The van der Waals surface area contributed by atoms with E-state index in [4.69, 9.17) is 16.3 Å². The molecular formula is C17H15BrClNO3S. The van der Waals surface area contributed by atoms with Gasteiger partial charge in [0, 0.05) is 27.5 Å². The lowest BCUT2D eigenvalue weighted by Crippen LogP contribution is -2.02. The minimum atomic E-state index is -3.70. The molecule has 1 heterocycles. The predicted molar refractivity (Wildman–Crippen MR) is 99.2 cm³/mol. The van der Waals surface area contributed by atoms with Gasteiger partial charge in [0.2, 0.25) is 0 Å². The van der Waals surface area contributed by atoms with Crippen molar-refractivity contribution in [3.8, 4) is 5.75 Å². The summed E-state index contributed by atoms with van der Waals surface area (Å²) in [5, 5.41) is 1.51. The molecule has 0 saturated carbocycles. The normalized spacial score (nSPS) is 15.0. The van der Waals surface area contributed by atoms with Crippen LogP contribution in [0.3, 0.4) is 0 Å². The van der Waals surface area contributed by atoms with Gasteiger partial charge in [-0.15, -0.1) is 0 Å². The van der Waals surface area contributed by atoms with Crippen molar-refractivity contribution < 1.29 is 13.2 Å². The Morgan fingerprint density at radius 3 is 2.54 bits per heavy atom. The Labute approximate surface area is 154 Å². The van der Waals surface area contributed by atoms with Crippen LogP contribution in [-0.2, 0) is 10.0 Å². The molecule has 2 aromatic carbocycles. The SMILES string of the molecule is O=S1(=O)N=C(c2ccc(Cl)cc2)c2ccc(OCCCCBr)cc21. The number of fused-ring (bicyclic) bond motifs is 1. The molecule has 2 aromatic rings. The maximum atomic E-state index is 12.4. The van der Waals surface area contributed by atoms with Crippen LogP contribution in [0, 0.1) is 0 Å². The van der Waals surface area contributed by atoms with Gasteiger partial charge in [-0.1, -0.05) is 39.7 Å². The summed E-state index contributed by atoms with van der Waals surface area (Å²) in [6.07, 6.45) is 1.91. The zero-order valence-corrected chi connectivity index (χ0v) is 15.9. The molecule has 0 unspecified atom stereocenters. The standard InChI is InChI=1S/C17H15BrClNO3S/c18-9-1-2-10-23-14-7-8-15-16(11-14)24(21,22)20-17(15)12-3-5-13(19)6-4-12/h3-8,11H,1-2,9-10H2. The zero-order valence-electron chi connectivity index (χ0n) is 12.7. The van der Waals surface area contributed by atoms with Crippen molar-refractivity contribution in [1.29, 1.82) is 0 Å². The molecule has 1 aliphatic heterocycles. The quantitative estimate of drug-likeness (QED) is 0.505. The summed E-state index contributed by atoms with van der Waals surface area (Å²) in [5.74, 6) is 0.541. The molecule has 4 nitrogen and oxygen atoms in total. The van der Waals surface area contributed by atoms with E-state index in [1.54, 1.807) is 42.5 Å². The number of ether oxygens (including phenoxy) is 1. The van der Waals surface area contributed by atoms with Crippen molar-refractivity contribution in [3.63, 3.8) is 0 Å². The molecule has 0 saturated heterocycles. The van der Waals surface area contributed by atoms with Crippen molar-refractivity contribution in [3.05, 3.63) is 58.6 Å². The number of benzene rings is 2. The van der Waals surface area contributed by atoms with E-state index in [-0.39, 0.29) is 4.90 Å². The third-order valence-electron chi connectivity index (χ3n) is 3.61. The summed E-state index contributed by atoms with van der Waals surface area (Å²) >= 11 is 9.25. The molecule has 0 bridgehead atoms. The van der Waals surface area contributed by atoms with Crippen LogP contribution in [0.25, 0.3) is 0 Å². The van der Waals surface area contributed by atoms with Gasteiger partial charge in [0.15, 0.2) is 0 Å². The molecule has 126 valence electrons. The third-order valence-corrected chi connectivity index (χ3v) is 5.74. The number of unbranched alkanes of at least 4 members (excludes halogenated alkanes) is 1. The van der Waals surface area contributed by atoms with E-state index in [0.717, 1.165) is 18.2 Å². The van der Waals surface area contributed by atoms with Gasteiger partial charge in [-0.25, -0.2) is 0 Å². The lowest BCUT2D eigenvalue weighted by molar-refractivity contribution is 0.309. The van der Waals surface area contributed by atoms with E-state index in [1.807, 2.05) is 0 Å². The second kappa shape index (κ2) is 7.25. The number of alkyl halides is 1. The summed E-state index contributed by atoms with van der Waals surface area (Å²) in [5.41, 5.74) is 1.74. The van der Waals surface area contributed by atoms with Crippen molar-refractivity contribution in [2.45, 2.75) is 17.7 Å². The van der Waals surface area contributed by atoms with Crippen LogP contribution >= 0.6 is 27.5 Å². The van der Waals surface area contributed by atoms with Gasteiger partial charge in [0.25, 0.3) is 10.0 Å². The number of nitrogens with zero attached hydrogens (tertiary/aromatic N) is 1. The number of rotatable bonds is 6. The first-order valence-electron chi connectivity index (χ1n) is 7.45. The van der Waals surface area contributed by atoms with E-state index in [1.165, 1.54) is 0 Å². The molecule has 0 fully saturated rings. The summed E-state index contributed by atoms with van der Waals surface area (Å²) in [6, 6.07) is 12.0. The highest BCUT2D eigenvalue weighted by Gasteiger charge is 2.30. The van der Waals surface area contributed by atoms with Gasteiger partial charge in [-0.3, -0.25) is 0 Å². The topological polar surface area (TPSA) is 55.7 Å². The fourth-order valence-corrected chi connectivity index (χ4v) is 4.20.